The molecule has 40 heavy (non-hydrogen) atoms. The van der Waals surface area contributed by atoms with Crippen LogP contribution in [0, 0.1) is 5.82 Å². The fraction of sp³-hybridized carbons (Fsp3) is 0.107. The summed E-state index contributed by atoms with van der Waals surface area (Å²) in [6, 6.07) is 12.8. The van der Waals surface area contributed by atoms with Crippen molar-refractivity contribution in [3.8, 4) is 34.0 Å². The molecule has 0 bridgehead atoms. The van der Waals surface area contributed by atoms with Gasteiger partial charge in [-0.1, -0.05) is 6.07 Å². The number of rotatable bonds is 7. The van der Waals surface area contributed by atoms with E-state index in [2.05, 4.69) is 41.1 Å². The van der Waals surface area contributed by atoms with Gasteiger partial charge in [0.15, 0.2) is 0 Å². The van der Waals surface area contributed by atoms with E-state index in [1.807, 2.05) is 32.0 Å². The first-order chi connectivity index (χ1) is 19.4. The summed E-state index contributed by atoms with van der Waals surface area (Å²) in [5.41, 5.74) is 4.23. The number of urea groups is 1. The van der Waals surface area contributed by atoms with Crippen molar-refractivity contribution < 1.29 is 13.9 Å². The molecule has 0 aliphatic carbocycles. The van der Waals surface area contributed by atoms with Gasteiger partial charge in [-0.05, 0) is 44.2 Å². The molecule has 0 aliphatic heterocycles. The molecule has 200 valence electrons. The van der Waals surface area contributed by atoms with Crippen molar-refractivity contribution in [3.05, 3.63) is 85.3 Å². The summed E-state index contributed by atoms with van der Waals surface area (Å²) < 4.78 is 22.5. The number of benzene rings is 2. The van der Waals surface area contributed by atoms with Crippen LogP contribution in [0.25, 0.3) is 33.4 Å². The lowest BCUT2D eigenvalue weighted by molar-refractivity contribution is 0.262. The highest BCUT2D eigenvalue weighted by Crippen LogP contribution is 2.31. The molecule has 12 heteroatoms. The monoisotopic (exact) mass is 537 g/mol. The third-order valence-corrected chi connectivity index (χ3v) is 6.17. The zero-order valence-electron chi connectivity index (χ0n) is 21.5. The molecule has 0 aliphatic rings. The van der Waals surface area contributed by atoms with Crippen LogP contribution in [0.5, 0.6) is 11.5 Å². The smallest absolute Gasteiger partial charge is 0.323 e. The summed E-state index contributed by atoms with van der Waals surface area (Å²) in [4.78, 5) is 17.2. The molecule has 0 spiro atoms. The van der Waals surface area contributed by atoms with E-state index in [4.69, 9.17) is 4.74 Å². The largest absolute Gasteiger partial charge is 0.457 e. The Hall–Kier alpha value is -5.52. The van der Waals surface area contributed by atoms with Gasteiger partial charge in [-0.2, -0.15) is 15.3 Å². The van der Waals surface area contributed by atoms with Gasteiger partial charge in [0.25, 0.3) is 0 Å². The molecular formula is C28H24FN9O2. The van der Waals surface area contributed by atoms with Crippen LogP contribution in [0.15, 0.2) is 79.5 Å². The van der Waals surface area contributed by atoms with Gasteiger partial charge >= 0.3 is 6.03 Å². The highest BCUT2D eigenvalue weighted by molar-refractivity contribution is 6.02. The normalized spacial score (nSPS) is 11.2. The number of ether oxygens (including phenoxy) is 1. The molecule has 6 rings (SSSR count). The molecule has 0 saturated heterocycles. The zero-order chi connectivity index (χ0) is 27.6. The molecule has 0 saturated carbocycles. The number of nitrogens with one attached hydrogen (secondary N) is 4. The van der Waals surface area contributed by atoms with Gasteiger partial charge in [0, 0.05) is 53.3 Å². The van der Waals surface area contributed by atoms with Crippen molar-refractivity contribution in [1.82, 2.24) is 35.2 Å². The number of hydrogen-bond donors (Lipinski definition) is 4. The van der Waals surface area contributed by atoms with Gasteiger partial charge in [-0.3, -0.25) is 19.9 Å². The molecule has 2 aromatic carbocycles. The van der Waals surface area contributed by atoms with E-state index in [1.165, 1.54) is 12.1 Å². The van der Waals surface area contributed by atoms with Gasteiger partial charge in [-0.15, -0.1) is 0 Å². The SMILES string of the molecule is CC(C)n1cc(NC(=O)Nc2ccc(Oc3ccnc(-c4cn[nH]c4)c3)cc2F)c(-c2ccc3[nH]ncc3c2)n1. The summed E-state index contributed by atoms with van der Waals surface area (Å²) in [5.74, 6) is 0.0931. The Labute approximate surface area is 227 Å². The van der Waals surface area contributed by atoms with Gasteiger partial charge in [0.2, 0.25) is 0 Å². The number of H-pyrrole nitrogens is 2. The number of aromatic nitrogens is 7. The Kier molecular flexibility index (Phi) is 6.40. The molecule has 0 unspecified atom stereocenters. The van der Waals surface area contributed by atoms with E-state index in [9.17, 15) is 9.18 Å². The van der Waals surface area contributed by atoms with Crippen molar-refractivity contribution in [1.29, 1.82) is 0 Å². The Morgan fingerprint density at radius 3 is 2.62 bits per heavy atom. The number of pyridine rings is 1. The summed E-state index contributed by atoms with van der Waals surface area (Å²) >= 11 is 0. The first-order valence-corrected chi connectivity index (χ1v) is 12.5. The van der Waals surface area contributed by atoms with Gasteiger partial charge < -0.3 is 15.4 Å². The van der Waals surface area contributed by atoms with E-state index in [1.54, 1.807) is 53.9 Å². The van der Waals surface area contributed by atoms with Gasteiger partial charge in [0.1, 0.15) is 23.0 Å². The minimum absolute atomic E-state index is 0.00344. The molecule has 11 nitrogen and oxygen atoms in total. The average molecular weight is 538 g/mol. The third-order valence-electron chi connectivity index (χ3n) is 6.17. The molecule has 0 fully saturated rings. The van der Waals surface area contributed by atoms with E-state index in [-0.39, 0.29) is 17.5 Å². The standard InChI is InChI=1S/C28H24FN9O2/c1-16(2)38-15-26(27(37-38)17-3-5-23-18(9-17)12-33-36-23)35-28(39)34-24-6-4-20(10-22(24)29)40-21-7-8-30-25(11-21)19-13-31-32-14-19/h3-16H,1-2H3,(H,31,32)(H,33,36)(H2,34,35,39). The molecule has 6 aromatic rings. The summed E-state index contributed by atoms with van der Waals surface area (Å²) in [5, 5.41) is 24.6. The quantitative estimate of drug-likeness (QED) is 0.187. The van der Waals surface area contributed by atoms with Crippen molar-refractivity contribution in [2.45, 2.75) is 19.9 Å². The molecular weight excluding hydrogens is 513 g/mol. The molecule has 0 atom stereocenters. The maximum absolute atomic E-state index is 15.0. The Morgan fingerprint density at radius 2 is 1.82 bits per heavy atom. The van der Waals surface area contributed by atoms with Crippen LogP contribution >= 0.6 is 0 Å². The third kappa shape index (κ3) is 5.10. The lowest BCUT2D eigenvalue weighted by Crippen LogP contribution is -2.20. The number of aromatic amines is 2. The highest BCUT2D eigenvalue weighted by atomic mass is 19.1. The number of hydrogen-bond acceptors (Lipinski definition) is 6. The van der Waals surface area contributed by atoms with Crippen LogP contribution in [0.3, 0.4) is 0 Å². The van der Waals surface area contributed by atoms with Crippen LogP contribution in [0.2, 0.25) is 0 Å². The molecule has 4 N–H and O–H groups in total. The predicted octanol–water partition coefficient (Wildman–Crippen LogP) is 6.37. The topological polar surface area (TPSA) is 138 Å². The Balaban J connectivity index is 1.18. The number of carbonyl (C=O) groups is 1. The fourth-order valence-electron chi connectivity index (χ4n) is 4.15. The first-order valence-electron chi connectivity index (χ1n) is 12.5. The van der Waals surface area contributed by atoms with E-state index in [0.29, 0.717) is 22.8 Å². The molecule has 2 amide bonds. The van der Waals surface area contributed by atoms with Gasteiger partial charge in [-0.25, -0.2) is 9.18 Å². The zero-order valence-corrected chi connectivity index (χ0v) is 21.5. The van der Waals surface area contributed by atoms with Crippen LogP contribution in [-0.2, 0) is 0 Å². The molecule has 4 heterocycles. The van der Waals surface area contributed by atoms with Crippen molar-refractivity contribution in [2.75, 3.05) is 10.6 Å². The van der Waals surface area contributed by atoms with Crippen molar-refractivity contribution >= 4 is 28.3 Å². The number of fused-ring (bicyclic) bond motifs is 1. The highest BCUT2D eigenvalue weighted by Gasteiger charge is 2.17. The fourth-order valence-corrected chi connectivity index (χ4v) is 4.15. The number of carbonyl (C=O) groups excluding carboxylic acids is 1. The molecule has 0 radical (unpaired) electrons. The van der Waals surface area contributed by atoms with E-state index in [0.717, 1.165) is 22.0 Å². The van der Waals surface area contributed by atoms with Crippen LogP contribution in [0.4, 0.5) is 20.6 Å². The second-order valence-electron chi connectivity index (χ2n) is 9.32. The number of nitrogens with zero attached hydrogens (tertiary/aromatic N) is 5. The Bertz CT molecular complexity index is 1810. The van der Waals surface area contributed by atoms with Gasteiger partial charge in [0.05, 0.1) is 35.0 Å². The minimum Gasteiger partial charge on any atom is -0.457 e. The second-order valence-corrected chi connectivity index (χ2v) is 9.32. The van der Waals surface area contributed by atoms with Crippen molar-refractivity contribution in [2.24, 2.45) is 0 Å². The van der Waals surface area contributed by atoms with E-state index >= 15 is 0 Å². The van der Waals surface area contributed by atoms with Crippen molar-refractivity contribution in [3.63, 3.8) is 0 Å². The number of anilines is 2. The minimum atomic E-state index is -0.653. The number of halogens is 1. The van der Waals surface area contributed by atoms with Crippen LogP contribution < -0.4 is 15.4 Å². The van der Waals surface area contributed by atoms with Crippen LogP contribution in [0.1, 0.15) is 19.9 Å². The van der Waals surface area contributed by atoms with E-state index < -0.39 is 11.8 Å². The summed E-state index contributed by atoms with van der Waals surface area (Å²) in [6.45, 7) is 3.98. The summed E-state index contributed by atoms with van der Waals surface area (Å²) in [7, 11) is 0. The predicted molar refractivity (Wildman–Crippen MR) is 149 cm³/mol. The average Bonchev–Trinajstić information content (AvgIpc) is 3.71. The first kappa shape index (κ1) is 24.8. The maximum Gasteiger partial charge on any atom is 0.323 e. The number of amides is 2. The maximum atomic E-state index is 15.0. The van der Waals surface area contributed by atoms with Crippen LogP contribution in [-0.4, -0.2) is 41.2 Å². The lowest BCUT2D eigenvalue weighted by atomic mass is 10.1. The second kappa shape index (κ2) is 10.3. The summed E-state index contributed by atoms with van der Waals surface area (Å²) in [6.07, 6.45) is 8.43. The lowest BCUT2D eigenvalue weighted by Gasteiger charge is -2.11. The molecule has 4 aromatic heterocycles. The Morgan fingerprint density at radius 1 is 0.975 bits per heavy atom.